The van der Waals surface area contributed by atoms with E-state index in [4.69, 9.17) is 4.74 Å². The molecule has 0 amide bonds. The fourth-order valence-electron chi connectivity index (χ4n) is 1.65. The SMILES string of the molecule is CC(=O)CC(Nc1ccc(C)cc1)C(=O)OC(C)C. The zero-order valence-corrected chi connectivity index (χ0v) is 11.9. The summed E-state index contributed by atoms with van der Waals surface area (Å²) in [6.45, 7) is 7.03. The molecule has 0 saturated carbocycles. The van der Waals surface area contributed by atoms with Crippen LogP contribution >= 0.6 is 0 Å². The highest BCUT2D eigenvalue weighted by Crippen LogP contribution is 2.13. The molecule has 19 heavy (non-hydrogen) atoms. The van der Waals surface area contributed by atoms with E-state index < -0.39 is 12.0 Å². The van der Waals surface area contributed by atoms with Crippen LogP contribution in [0.3, 0.4) is 0 Å². The first-order chi connectivity index (χ1) is 8.88. The van der Waals surface area contributed by atoms with Crippen molar-refractivity contribution >= 4 is 17.4 Å². The van der Waals surface area contributed by atoms with Gasteiger partial charge in [0.25, 0.3) is 0 Å². The molecule has 104 valence electrons. The third-order valence-electron chi connectivity index (χ3n) is 2.52. The number of esters is 1. The molecule has 4 heteroatoms. The number of carbonyl (C=O) groups excluding carboxylic acids is 2. The maximum atomic E-state index is 11.9. The van der Waals surface area contributed by atoms with Crippen LogP contribution in [0.15, 0.2) is 24.3 Å². The standard InChI is InChI=1S/C15H21NO3/c1-10(2)19-15(18)14(9-12(4)17)16-13-7-5-11(3)6-8-13/h5-8,10,14,16H,9H2,1-4H3. The van der Waals surface area contributed by atoms with Gasteiger partial charge in [-0.3, -0.25) is 4.79 Å². The number of anilines is 1. The molecule has 0 spiro atoms. The summed E-state index contributed by atoms with van der Waals surface area (Å²) in [7, 11) is 0. The minimum atomic E-state index is -0.636. The van der Waals surface area contributed by atoms with Crippen molar-refractivity contribution < 1.29 is 14.3 Å². The van der Waals surface area contributed by atoms with E-state index in [1.54, 1.807) is 13.8 Å². The number of rotatable bonds is 6. The average molecular weight is 263 g/mol. The topological polar surface area (TPSA) is 55.4 Å². The summed E-state index contributed by atoms with van der Waals surface area (Å²) in [6.07, 6.45) is -0.0684. The second-order valence-corrected chi connectivity index (χ2v) is 4.95. The molecule has 0 bridgehead atoms. The van der Waals surface area contributed by atoms with Gasteiger partial charge in [-0.1, -0.05) is 17.7 Å². The zero-order valence-electron chi connectivity index (χ0n) is 11.9. The van der Waals surface area contributed by atoms with E-state index in [-0.39, 0.29) is 18.3 Å². The van der Waals surface area contributed by atoms with Crippen LogP contribution in [0.5, 0.6) is 0 Å². The Kier molecular flexibility index (Phi) is 5.55. The molecule has 4 nitrogen and oxygen atoms in total. The molecule has 1 N–H and O–H groups in total. The molecule has 1 unspecified atom stereocenters. The van der Waals surface area contributed by atoms with Gasteiger partial charge in [0.15, 0.2) is 0 Å². The Balaban J connectivity index is 2.76. The number of carbonyl (C=O) groups is 2. The third-order valence-corrected chi connectivity index (χ3v) is 2.52. The molecule has 0 fully saturated rings. The summed E-state index contributed by atoms with van der Waals surface area (Å²) >= 11 is 0. The number of ether oxygens (including phenoxy) is 1. The van der Waals surface area contributed by atoms with Gasteiger partial charge in [-0.25, -0.2) is 4.79 Å². The van der Waals surface area contributed by atoms with E-state index in [1.807, 2.05) is 31.2 Å². The summed E-state index contributed by atoms with van der Waals surface area (Å²) in [6, 6.07) is 7.01. The first-order valence-corrected chi connectivity index (χ1v) is 6.41. The maximum absolute atomic E-state index is 11.9. The van der Waals surface area contributed by atoms with Crippen LogP contribution in [0.25, 0.3) is 0 Å². The predicted octanol–water partition coefficient (Wildman–Crippen LogP) is 2.71. The molecule has 0 aliphatic carbocycles. The van der Waals surface area contributed by atoms with Gasteiger partial charge < -0.3 is 10.1 Å². The van der Waals surface area contributed by atoms with Gasteiger partial charge in [0.2, 0.25) is 0 Å². The van der Waals surface area contributed by atoms with E-state index >= 15 is 0 Å². The van der Waals surface area contributed by atoms with Crippen LogP contribution < -0.4 is 5.32 Å². The van der Waals surface area contributed by atoms with Crippen molar-refractivity contribution in [2.24, 2.45) is 0 Å². The summed E-state index contributed by atoms with van der Waals surface area (Å²) in [5.41, 5.74) is 1.94. The van der Waals surface area contributed by atoms with Gasteiger partial charge in [0.1, 0.15) is 11.8 Å². The summed E-state index contributed by atoms with van der Waals surface area (Å²) in [5, 5.41) is 3.05. The van der Waals surface area contributed by atoms with Crippen molar-refractivity contribution in [3.63, 3.8) is 0 Å². The van der Waals surface area contributed by atoms with Gasteiger partial charge in [-0.15, -0.1) is 0 Å². The Bertz CT molecular complexity index is 437. The number of ketones is 1. The highest BCUT2D eigenvalue weighted by molar-refractivity contribution is 5.87. The number of aryl methyl sites for hydroxylation is 1. The monoisotopic (exact) mass is 263 g/mol. The van der Waals surface area contributed by atoms with E-state index in [2.05, 4.69) is 5.32 Å². The lowest BCUT2D eigenvalue weighted by atomic mass is 10.1. The number of benzene rings is 1. The molecule has 1 rings (SSSR count). The molecule has 1 aromatic rings. The van der Waals surface area contributed by atoms with Crippen LogP contribution in [-0.4, -0.2) is 23.9 Å². The Morgan fingerprint density at radius 3 is 2.26 bits per heavy atom. The van der Waals surface area contributed by atoms with Crippen molar-refractivity contribution in [3.8, 4) is 0 Å². The normalized spacial score (nSPS) is 12.1. The van der Waals surface area contributed by atoms with Gasteiger partial charge in [0, 0.05) is 12.1 Å². The Morgan fingerprint density at radius 2 is 1.79 bits per heavy atom. The van der Waals surface area contributed by atoms with Crippen LogP contribution in [0.4, 0.5) is 5.69 Å². The van der Waals surface area contributed by atoms with Gasteiger partial charge in [0.05, 0.1) is 6.10 Å². The lowest BCUT2D eigenvalue weighted by Gasteiger charge is -2.19. The molecule has 0 aliphatic rings. The van der Waals surface area contributed by atoms with E-state index in [0.717, 1.165) is 11.3 Å². The van der Waals surface area contributed by atoms with Gasteiger partial charge in [-0.05, 0) is 39.8 Å². The summed E-state index contributed by atoms with van der Waals surface area (Å²) in [5.74, 6) is -0.448. The minimum Gasteiger partial charge on any atom is -0.461 e. The highest BCUT2D eigenvalue weighted by atomic mass is 16.5. The molecule has 0 heterocycles. The summed E-state index contributed by atoms with van der Waals surface area (Å²) < 4.78 is 5.16. The lowest BCUT2D eigenvalue weighted by molar-refractivity contribution is -0.149. The zero-order chi connectivity index (χ0) is 14.4. The predicted molar refractivity (Wildman–Crippen MR) is 75.1 cm³/mol. The van der Waals surface area contributed by atoms with Crippen molar-refractivity contribution in [3.05, 3.63) is 29.8 Å². The van der Waals surface area contributed by atoms with E-state index in [9.17, 15) is 9.59 Å². The maximum Gasteiger partial charge on any atom is 0.329 e. The van der Waals surface area contributed by atoms with E-state index in [0.29, 0.717) is 0 Å². The van der Waals surface area contributed by atoms with Gasteiger partial charge >= 0.3 is 5.97 Å². The number of hydrogen-bond donors (Lipinski definition) is 1. The Labute approximate surface area is 114 Å². The van der Waals surface area contributed by atoms with Crippen LogP contribution in [0, 0.1) is 6.92 Å². The second-order valence-electron chi connectivity index (χ2n) is 4.95. The van der Waals surface area contributed by atoms with Crippen LogP contribution in [-0.2, 0) is 14.3 Å². The van der Waals surface area contributed by atoms with Crippen molar-refractivity contribution in [2.75, 3.05) is 5.32 Å². The Hall–Kier alpha value is -1.84. The van der Waals surface area contributed by atoms with Crippen LogP contribution in [0.1, 0.15) is 32.8 Å². The van der Waals surface area contributed by atoms with Crippen molar-refractivity contribution in [1.82, 2.24) is 0 Å². The fourth-order valence-corrected chi connectivity index (χ4v) is 1.65. The number of nitrogens with one attached hydrogen (secondary N) is 1. The largest absolute Gasteiger partial charge is 0.461 e. The van der Waals surface area contributed by atoms with Crippen molar-refractivity contribution in [1.29, 1.82) is 0 Å². The minimum absolute atomic E-state index is 0.0506. The molecular weight excluding hydrogens is 242 g/mol. The first kappa shape index (κ1) is 15.2. The smallest absolute Gasteiger partial charge is 0.329 e. The fraction of sp³-hybridized carbons (Fsp3) is 0.467. The van der Waals surface area contributed by atoms with Gasteiger partial charge in [-0.2, -0.15) is 0 Å². The molecule has 0 saturated heterocycles. The molecular formula is C15H21NO3. The second kappa shape index (κ2) is 6.92. The third kappa shape index (κ3) is 5.55. The molecule has 0 aliphatic heterocycles. The number of hydrogen-bond acceptors (Lipinski definition) is 4. The molecule has 0 radical (unpaired) electrons. The number of Topliss-reactive ketones (excluding diaryl/α,β-unsaturated/α-hetero) is 1. The summed E-state index contributed by atoms with van der Waals surface area (Å²) in [4.78, 5) is 23.2. The highest BCUT2D eigenvalue weighted by Gasteiger charge is 2.22. The molecule has 1 atom stereocenters. The molecule has 1 aromatic carbocycles. The first-order valence-electron chi connectivity index (χ1n) is 6.41. The lowest BCUT2D eigenvalue weighted by Crippen LogP contribution is -2.34. The van der Waals surface area contributed by atoms with E-state index in [1.165, 1.54) is 6.92 Å². The Morgan fingerprint density at radius 1 is 1.21 bits per heavy atom. The van der Waals surface area contributed by atoms with Crippen LogP contribution in [0.2, 0.25) is 0 Å². The average Bonchev–Trinajstić information content (AvgIpc) is 2.29. The molecule has 0 aromatic heterocycles. The quantitative estimate of drug-likeness (QED) is 0.802. The van der Waals surface area contributed by atoms with Crippen molar-refractivity contribution in [2.45, 2.75) is 46.3 Å².